The molecule has 0 aliphatic carbocycles. The van der Waals surface area contributed by atoms with E-state index in [2.05, 4.69) is 43.2 Å². The molecular formula is C22H25Cl2N3O2. The molecule has 0 saturated carbocycles. The average Bonchev–Trinajstić information content (AvgIpc) is 2.66. The van der Waals surface area contributed by atoms with Gasteiger partial charge < -0.3 is 9.64 Å². The highest BCUT2D eigenvalue weighted by atomic mass is 35.5. The van der Waals surface area contributed by atoms with Crippen molar-refractivity contribution in [3.8, 4) is 5.75 Å². The third kappa shape index (κ3) is 4.85. The average molecular weight is 434 g/mol. The number of hydrazone groups is 1. The second kappa shape index (κ2) is 8.64. The van der Waals surface area contributed by atoms with Gasteiger partial charge in [-0.25, -0.2) is 5.43 Å². The molecule has 0 fully saturated rings. The zero-order chi connectivity index (χ0) is 21.2. The molecule has 3 rings (SSSR count). The molecule has 1 atom stereocenters. The number of fused-ring (bicyclic) bond motifs is 1. The molecule has 1 N–H and O–H groups in total. The lowest BCUT2D eigenvalue weighted by Crippen LogP contribution is -2.45. The number of para-hydroxylation sites is 1. The lowest BCUT2D eigenvalue weighted by molar-refractivity contribution is -0.123. The van der Waals surface area contributed by atoms with Crippen molar-refractivity contribution >= 4 is 41.0 Å². The highest BCUT2D eigenvalue weighted by molar-refractivity contribution is 6.33. The van der Waals surface area contributed by atoms with Crippen molar-refractivity contribution in [2.45, 2.75) is 38.6 Å². The molecule has 0 saturated heterocycles. The first-order valence-corrected chi connectivity index (χ1v) is 10.2. The number of rotatable bonds is 5. The van der Waals surface area contributed by atoms with Gasteiger partial charge in [-0.3, -0.25) is 4.79 Å². The van der Waals surface area contributed by atoms with Crippen LogP contribution in [-0.2, 0) is 4.79 Å². The summed E-state index contributed by atoms with van der Waals surface area (Å²) in [7, 11) is 2.09. The van der Waals surface area contributed by atoms with Gasteiger partial charge in [-0.15, -0.1) is 0 Å². The van der Waals surface area contributed by atoms with E-state index in [-0.39, 0.29) is 18.1 Å². The molecule has 5 nitrogen and oxygen atoms in total. The summed E-state index contributed by atoms with van der Waals surface area (Å²) in [5, 5.41) is 5.06. The zero-order valence-corrected chi connectivity index (χ0v) is 18.5. The Morgan fingerprint density at radius 2 is 2.03 bits per heavy atom. The highest BCUT2D eigenvalue weighted by Crippen LogP contribution is 2.44. The SMILES string of the molecule is CC1CC(C)(C)N(C)c2cc(Cl)c(/C=N/NC(=O)COc3ccccc3Cl)cc21. The lowest BCUT2D eigenvalue weighted by atomic mass is 9.80. The first-order chi connectivity index (χ1) is 13.7. The van der Waals surface area contributed by atoms with E-state index in [1.807, 2.05) is 12.1 Å². The molecule has 0 radical (unpaired) electrons. The van der Waals surface area contributed by atoms with E-state index in [9.17, 15) is 4.79 Å². The first kappa shape index (κ1) is 21.5. The van der Waals surface area contributed by atoms with Crippen molar-refractivity contribution in [2.75, 3.05) is 18.6 Å². The number of nitrogens with zero attached hydrogens (tertiary/aromatic N) is 2. The number of ether oxygens (including phenoxy) is 1. The summed E-state index contributed by atoms with van der Waals surface area (Å²) in [6.45, 7) is 6.50. The van der Waals surface area contributed by atoms with Crippen molar-refractivity contribution in [2.24, 2.45) is 5.10 Å². The van der Waals surface area contributed by atoms with Crippen LogP contribution in [0.1, 0.15) is 44.2 Å². The number of anilines is 1. The maximum Gasteiger partial charge on any atom is 0.277 e. The smallest absolute Gasteiger partial charge is 0.277 e. The minimum Gasteiger partial charge on any atom is -0.482 e. The van der Waals surface area contributed by atoms with Crippen molar-refractivity contribution in [1.82, 2.24) is 5.43 Å². The monoisotopic (exact) mass is 433 g/mol. The standard InChI is InChI=1S/C22H25Cl2N3O2/c1-14-11-22(2,3)27(4)19-10-18(24)15(9-16(14)19)12-25-26-21(28)13-29-20-8-6-5-7-17(20)23/h5-10,12,14H,11,13H2,1-4H3,(H,26,28)/b25-12+. The maximum atomic E-state index is 12.0. The number of amides is 1. The molecular weight excluding hydrogens is 409 g/mol. The molecule has 0 spiro atoms. The van der Waals surface area contributed by atoms with Crippen LogP contribution in [0.25, 0.3) is 0 Å². The lowest BCUT2D eigenvalue weighted by Gasteiger charge is -2.45. The molecule has 1 unspecified atom stereocenters. The van der Waals surface area contributed by atoms with Crippen LogP contribution in [0.5, 0.6) is 5.75 Å². The summed E-state index contributed by atoms with van der Waals surface area (Å²) in [6.07, 6.45) is 2.60. The Labute approximate surface area is 181 Å². The van der Waals surface area contributed by atoms with Gasteiger partial charge in [0.25, 0.3) is 5.91 Å². The summed E-state index contributed by atoms with van der Waals surface area (Å²) in [5.41, 5.74) is 5.65. The van der Waals surface area contributed by atoms with Crippen LogP contribution >= 0.6 is 23.2 Å². The summed E-state index contributed by atoms with van der Waals surface area (Å²) in [6, 6.07) is 11.0. The molecule has 154 valence electrons. The normalized spacial score (nSPS) is 17.9. The Bertz CT molecular complexity index is 944. The number of hydrogen-bond donors (Lipinski definition) is 1. The topological polar surface area (TPSA) is 53.9 Å². The van der Waals surface area contributed by atoms with Crippen molar-refractivity contribution < 1.29 is 9.53 Å². The molecule has 1 aliphatic rings. The van der Waals surface area contributed by atoms with Crippen LogP contribution in [0.4, 0.5) is 5.69 Å². The quantitative estimate of drug-likeness (QED) is 0.517. The second-order valence-electron chi connectivity index (χ2n) is 7.92. The molecule has 1 amide bonds. The molecule has 2 aromatic carbocycles. The van der Waals surface area contributed by atoms with Gasteiger partial charge >= 0.3 is 0 Å². The number of benzene rings is 2. The van der Waals surface area contributed by atoms with E-state index in [0.717, 1.165) is 17.7 Å². The summed E-state index contributed by atoms with van der Waals surface area (Å²) in [4.78, 5) is 14.2. The number of carbonyl (C=O) groups excluding carboxylic acids is 1. The fourth-order valence-electron chi connectivity index (χ4n) is 3.61. The van der Waals surface area contributed by atoms with E-state index in [1.165, 1.54) is 5.56 Å². The molecule has 1 heterocycles. The number of nitrogens with one attached hydrogen (secondary N) is 1. The Hall–Kier alpha value is -2.24. The van der Waals surface area contributed by atoms with Crippen LogP contribution < -0.4 is 15.1 Å². The molecule has 29 heavy (non-hydrogen) atoms. The van der Waals surface area contributed by atoms with Gasteiger partial charge in [-0.2, -0.15) is 5.10 Å². The summed E-state index contributed by atoms with van der Waals surface area (Å²) in [5.74, 6) is 0.469. The Balaban J connectivity index is 1.66. The van der Waals surface area contributed by atoms with E-state index in [4.69, 9.17) is 27.9 Å². The maximum absolute atomic E-state index is 12.0. The number of hydrogen-bond acceptors (Lipinski definition) is 4. The first-order valence-electron chi connectivity index (χ1n) is 9.45. The van der Waals surface area contributed by atoms with Gasteiger partial charge in [0, 0.05) is 23.8 Å². The van der Waals surface area contributed by atoms with Crippen LogP contribution in [0.3, 0.4) is 0 Å². The molecule has 0 aromatic heterocycles. The van der Waals surface area contributed by atoms with Gasteiger partial charge in [-0.05, 0) is 56.0 Å². The molecule has 7 heteroatoms. The van der Waals surface area contributed by atoms with Crippen LogP contribution in [0.2, 0.25) is 10.0 Å². The Morgan fingerprint density at radius 1 is 1.31 bits per heavy atom. The number of halogens is 2. The van der Waals surface area contributed by atoms with Crippen molar-refractivity contribution in [1.29, 1.82) is 0 Å². The van der Waals surface area contributed by atoms with Gasteiger partial charge in [0.05, 0.1) is 16.3 Å². The van der Waals surface area contributed by atoms with Crippen LogP contribution in [0, 0.1) is 0 Å². The van der Waals surface area contributed by atoms with Crippen molar-refractivity contribution in [3.63, 3.8) is 0 Å². The van der Waals surface area contributed by atoms with Gasteiger partial charge in [-0.1, -0.05) is 42.3 Å². The van der Waals surface area contributed by atoms with Crippen LogP contribution in [0.15, 0.2) is 41.5 Å². The predicted molar refractivity (Wildman–Crippen MR) is 120 cm³/mol. The fourth-order valence-corrected chi connectivity index (χ4v) is 4.01. The zero-order valence-electron chi connectivity index (χ0n) is 17.0. The van der Waals surface area contributed by atoms with Crippen LogP contribution in [-0.4, -0.2) is 31.3 Å². The molecule has 1 aliphatic heterocycles. The van der Waals surface area contributed by atoms with Gasteiger partial charge in [0.1, 0.15) is 5.75 Å². The molecule has 2 aromatic rings. The predicted octanol–water partition coefficient (Wildman–Crippen LogP) is 5.24. The fraction of sp³-hybridized carbons (Fsp3) is 0.364. The van der Waals surface area contributed by atoms with Crippen molar-refractivity contribution in [3.05, 3.63) is 57.6 Å². The minimum atomic E-state index is -0.384. The van der Waals surface area contributed by atoms with E-state index >= 15 is 0 Å². The third-order valence-electron chi connectivity index (χ3n) is 5.34. The van der Waals surface area contributed by atoms with E-state index in [0.29, 0.717) is 21.7 Å². The Morgan fingerprint density at radius 3 is 2.76 bits per heavy atom. The number of carbonyl (C=O) groups is 1. The summed E-state index contributed by atoms with van der Waals surface area (Å²) >= 11 is 12.5. The van der Waals surface area contributed by atoms with E-state index < -0.39 is 0 Å². The summed E-state index contributed by atoms with van der Waals surface area (Å²) < 4.78 is 5.40. The minimum absolute atomic E-state index is 0.0704. The molecule has 0 bridgehead atoms. The largest absolute Gasteiger partial charge is 0.482 e. The van der Waals surface area contributed by atoms with Gasteiger partial charge in [0.2, 0.25) is 0 Å². The third-order valence-corrected chi connectivity index (χ3v) is 5.98. The Kier molecular flexibility index (Phi) is 6.39. The highest BCUT2D eigenvalue weighted by Gasteiger charge is 2.34. The van der Waals surface area contributed by atoms with E-state index in [1.54, 1.807) is 30.5 Å². The second-order valence-corrected chi connectivity index (χ2v) is 8.74. The van der Waals surface area contributed by atoms with Gasteiger partial charge in [0.15, 0.2) is 6.61 Å².